The Balaban J connectivity index is 3.26. The van der Waals surface area contributed by atoms with E-state index >= 15 is 0 Å². The van der Waals surface area contributed by atoms with Crippen LogP contribution in [0.4, 0.5) is 0 Å². The van der Waals surface area contributed by atoms with Crippen LogP contribution >= 0.6 is 0 Å². The maximum atomic E-state index is 11.8. The van der Waals surface area contributed by atoms with E-state index in [1.165, 1.54) is 0 Å². The summed E-state index contributed by atoms with van der Waals surface area (Å²) < 4.78 is 1.82. The van der Waals surface area contributed by atoms with Gasteiger partial charge < -0.3 is 4.57 Å². The van der Waals surface area contributed by atoms with Crippen LogP contribution in [0, 0.1) is 0 Å². The summed E-state index contributed by atoms with van der Waals surface area (Å²) in [5.41, 5.74) is 1.55. The van der Waals surface area contributed by atoms with Crippen molar-refractivity contribution in [1.82, 2.24) is 9.55 Å². The molecule has 1 aromatic heterocycles. The minimum atomic E-state index is 0.0456. The summed E-state index contributed by atoms with van der Waals surface area (Å²) in [7, 11) is 3.69. The first kappa shape index (κ1) is 11.1. The van der Waals surface area contributed by atoms with E-state index in [0.29, 0.717) is 11.6 Å². The molecule has 0 aliphatic heterocycles. The zero-order valence-electron chi connectivity index (χ0n) is 9.37. The molecule has 0 saturated carbocycles. The van der Waals surface area contributed by atoms with Crippen LogP contribution in [0.25, 0.3) is 0 Å². The van der Waals surface area contributed by atoms with Gasteiger partial charge in [0.25, 0.3) is 5.56 Å². The van der Waals surface area contributed by atoms with Gasteiger partial charge in [0.1, 0.15) is 0 Å². The SMILES string of the molecule is Bc1cn(C(CC)CC)c(=O)c(B)n1. The molecule has 14 heavy (non-hydrogen) atoms. The fourth-order valence-corrected chi connectivity index (χ4v) is 1.74. The molecule has 5 heteroatoms. The molecule has 0 aliphatic rings. The highest BCUT2D eigenvalue weighted by molar-refractivity contribution is 6.34. The van der Waals surface area contributed by atoms with Crippen molar-refractivity contribution in [1.29, 1.82) is 0 Å². The van der Waals surface area contributed by atoms with Crippen LogP contribution < -0.4 is 16.7 Å². The van der Waals surface area contributed by atoms with Gasteiger partial charge in [-0.15, -0.1) is 0 Å². The Hall–Kier alpha value is -0.990. The molecule has 0 N–H and O–H groups in total. The Morgan fingerprint density at radius 1 is 1.43 bits per heavy atom. The Morgan fingerprint density at radius 3 is 2.50 bits per heavy atom. The Morgan fingerprint density at radius 2 is 2.00 bits per heavy atom. The van der Waals surface area contributed by atoms with Gasteiger partial charge in [-0.2, -0.15) is 0 Å². The number of rotatable bonds is 3. The Kier molecular flexibility index (Phi) is 3.55. The zero-order chi connectivity index (χ0) is 10.7. The van der Waals surface area contributed by atoms with Crippen molar-refractivity contribution >= 4 is 26.9 Å². The van der Waals surface area contributed by atoms with E-state index in [-0.39, 0.29) is 5.56 Å². The van der Waals surface area contributed by atoms with Crippen molar-refractivity contribution in [3.05, 3.63) is 16.6 Å². The molecular weight excluding hydrogens is 174 g/mol. The zero-order valence-corrected chi connectivity index (χ0v) is 9.37. The van der Waals surface area contributed by atoms with Crippen molar-refractivity contribution in [3.8, 4) is 0 Å². The maximum Gasteiger partial charge on any atom is 0.262 e. The number of hydrogen-bond acceptors (Lipinski definition) is 2. The van der Waals surface area contributed by atoms with E-state index in [9.17, 15) is 4.79 Å². The lowest BCUT2D eigenvalue weighted by atomic mass is 10.00. The molecule has 1 aromatic rings. The average Bonchev–Trinajstić information content (AvgIpc) is 2.15. The third-order valence-electron chi connectivity index (χ3n) is 2.55. The van der Waals surface area contributed by atoms with Crippen molar-refractivity contribution in [3.63, 3.8) is 0 Å². The lowest BCUT2D eigenvalue weighted by molar-refractivity contribution is 0.459. The third kappa shape index (κ3) is 2.08. The summed E-state index contributed by atoms with van der Waals surface area (Å²) >= 11 is 0. The molecule has 0 fully saturated rings. The van der Waals surface area contributed by atoms with E-state index in [4.69, 9.17) is 0 Å². The molecule has 1 heterocycles. The van der Waals surface area contributed by atoms with Gasteiger partial charge in [-0.3, -0.25) is 9.78 Å². The van der Waals surface area contributed by atoms with Gasteiger partial charge in [-0.05, 0) is 12.8 Å². The summed E-state index contributed by atoms with van der Waals surface area (Å²) in [6, 6.07) is 0.308. The predicted octanol–water partition coefficient (Wildman–Crippen LogP) is -1.88. The van der Waals surface area contributed by atoms with Gasteiger partial charge in [0.15, 0.2) is 15.7 Å². The molecule has 0 bridgehead atoms. The van der Waals surface area contributed by atoms with E-state index < -0.39 is 0 Å². The summed E-state index contributed by atoms with van der Waals surface area (Å²) in [5, 5.41) is 0. The van der Waals surface area contributed by atoms with Gasteiger partial charge in [-0.1, -0.05) is 13.8 Å². The second-order valence-corrected chi connectivity index (χ2v) is 3.65. The molecule has 0 aromatic carbocycles. The second-order valence-electron chi connectivity index (χ2n) is 3.65. The maximum absolute atomic E-state index is 11.8. The van der Waals surface area contributed by atoms with Crippen molar-refractivity contribution < 1.29 is 0 Å². The number of aromatic nitrogens is 2. The van der Waals surface area contributed by atoms with Crippen LogP contribution in [0.3, 0.4) is 0 Å². The minimum Gasteiger partial charge on any atom is -0.311 e. The molecule has 0 unspecified atom stereocenters. The Labute approximate surface area is 86.4 Å². The first-order chi connectivity index (χ1) is 6.60. The standard InChI is InChI=1S/C9H16B2N2O/c1-3-6(4-2)13-5-7(10)12-8(11)9(13)14/h5-6H,3-4,10-11H2,1-2H3. The summed E-state index contributed by atoms with van der Waals surface area (Å²) in [6.07, 6.45) is 3.82. The van der Waals surface area contributed by atoms with E-state index in [2.05, 4.69) is 18.8 Å². The molecule has 0 radical (unpaired) electrons. The van der Waals surface area contributed by atoms with Crippen LogP contribution in [-0.2, 0) is 0 Å². The molecule has 0 spiro atoms. The molecule has 0 saturated heterocycles. The molecule has 0 amide bonds. The van der Waals surface area contributed by atoms with Crippen LogP contribution in [-0.4, -0.2) is 25.2 Å². The molecule has 3 nitrogen and oxygen atoms in total. The monoisotopic (exact) mass is 190 g/mol. The van der Waals surface area contributed by atoms with Gasteiger partial charge in [-0.25, -0.2) is 0 Å². The van der Waals surface area contributed by atoms with E-state index in [1.807, 2.05) is 18.6 Å². The van der Waals surface area contributed by atoms with Crippen LogP contribution in [0.5, 0.6) is 0 Å². The molecular formula is C9H16B2N2O. The summed E-state index contributed by atoms with van der Waals surface area (Å²) in [4.78, 5) is 15.9. The first-order valence-corrected chi connectivity index (χ1v) is 5.16. The summed E-state index contributed by atoms with van der Waals surface area (Å²) in [5.74, 6) is 0. The van der Waals surface area contributed by atoms with Gasteiger partial charge >= 0.3 is 0 Å². The normalized spacial score (nSPS) is 10.8. The van der Waals surface area contributed by atoms with Crippen molar-refractivity contribution in [2.45, 2.75) is 32.7 Å². The Bertz CT molecular complexity index is 372. The van der Waals surface area contributed by atoms with E-state index in [1.54, 1.807) is 7.85 Å². The van der Waals surface area contributed by atoms with E-state index in [0.717, 1.165) is 18.4 Å². The molecule has 1 rings (SSSR count). The second kappa shape index (κ2) is 4.49. The molecule has 74 valence electrons. The van der Waals surface area contributed by atoms with Crippen LogP contribution in [0.15, 0.2) is 11.0 Å². The quantitative estimate of drug-likeness (QED) is 0.522. The fourth-order valence-electron chi connectivity index (χ4n) is 1.74. The lowest BCUT2D eigenvalue weighted by Gasteiger charge is -2.17. The lowest BCUT2D eigenvalue weighted by Crippen LogP contribution is -2.42. The topological polar surface area (TPSA) is 34.9 Å². The van der Waals surface area contributed by atoms with Crippen molar-refractivity contribution in [2.24, 2.45) is 0 Å². The number of hydrogen-bond donors (Lipinski definition) is 0. The largest absolute Gasteiger partial charge is 0.311 e. The average molecular weight is 190 g/mol. The highest BCUT2D eigenvalue weighted by Crippen LogP contribution is 2.10. The molecule has 0 atom stereocenters. The smallest absolute Gasteiger partial charge is 0.262 e. The van der Waals surface area contributed by atoms with Crippen molar-refractivity contribution in [2.75, 3.05) is 0 Å². The third-order valence-corrected chi connectivity index (χ3v) is 2.55. The van der Waals surface area contributed by atoms with Gasteiger partial charge in [0.05, 0.1) is 5.59 Å². The highest BCUT2D eigenvalue weighted by atomic mass is 16.1. The van der Waals surface area contributed by atoms with Crippen LogP contribution in [0.2, 0.25) is 0 Å². The van der Waals surface area contributed by atoms with Gasteiger partial charge in [0.2, 0.25) is 0 Å². The molecule has 0 aliphatic carbocycles. The van der Waals surface area contributed by atoms with Gasteiger partial charge in [0, 0.05) is 17.8 Å². The number of nitrogens with zero attached hydrogens (tertiary/aromatic N) is 2. The van der Waals surface area contributed by atoms with Crippen LogP contribution in [0.1, 0.15) is 32.7 Å². The minimum absolute atomic E-state index is 0.0456. The fraction of sp³-hybridized carbons (Fsp3) is 0.556. The highest BCUT2D eigenvalue weighted by Gasteiger charge is 2.09. The summed E-state index contributed by atoms with van der Waals surface area (Å²) in [6.45, 7) is 4.21. The first-order valence-electron chi connectivity index (χ1n) is 5.16. The predicted molar refractivity (Wildman–Crippen MR) is 64.5 cm³/mol.